The molecule has 34 heavy (non-hydrogen) atoms. The van der Waals surface area contributed by atoms with E-state index >= 15 is 0 Å². The van der Waals surface area contributed by atoms with Gasteiger partial charge in [-0.15, -0.1) is 0 Å². The molecule has 0 fully saturated rings. The second-order valence-corrected chi connectivity index (χ2v) is 8.75. The minimum absolute atomic E-state index is 0.0246. The molecule has 0 aliphatic carbocycles. The number of nitrogens with zero attached hydrogens (tertiary/aromatic N) is 3. The van der Waals surface area contributed by atoms with E-state index in [2.05, 4.69) is 10.3 Å². The van der Waals surface area contributed by atoms with Crippen LogP contribution in [0, 0.1) is 0 Å². The van der Waals surface area contributed by atoms with E-state index in [0.717, 1.165) is 15.7 Å². The number of benzene rings is 2. The van der Waals surface area contributed by atoms with Gasteiger partial charge in [0.15, 0.2) is 5.65 Å². The van der Waals surface area contributed by atoms with Gasteiger partial charge in [0, 0.05) is 31.4 Å². The van der Waals surface area contributed by atoms with Crippen LogP contribution in [0.5, 0.6) is 11.5 Å². The molecule has 1 amide bonds. The predicted octanol–water partition coefficient (Wildman–Crippen LogP) is 3.63. The third kappa shape index (κ3) is 3.22. The molecular formula is C26H24N4O4. The van der Waals surface area contributed by atoms with Gasteiger partial charge in [-0.05, 0) is 23.6 Å². The first kappa shape index (κ1) is 21.6. The number of aryl methyl sites for hydroxylation is 1. The Kier molecular flexibility index (Phi) is 5.08. The molecule has 2 aromatic carbocycles. The lowest BCUT2D eigenvalue weighted by molar-refractivity contribution is -0.116. The first-order valence-corrected chi connectivity index (χ1v) is 11.0. The smallest absolute Gasteiger partial charge is 0.332 e. The largest absolute Gasteiger partial charge is 0.457 e. The lowest BCUT2D eigenvalue weighted by atomic mass is 9.87. The molecule has 0 spiro atoms. The van der Waals surface area contributed by atoms with E-state index in [0.29, 0.717) is 22.7 Å². The SMILES string of the molecule is CC(C)c1cnc2c(c1NC(=O)C1c3ccccc3Oc3ccccc31)c(=O)n(C)c(=O)n2C. The minimum atomic E-state index is -0.638. The van der Waals surface area contributed by atoms with Gasteiger partial charge in [-0.3, -0.25) is 18.7 Å². The molecule has 0 radical (unpaired) electrons. The van der Waals surface area contributed by atoms with Crippen molar-refractivity contribution in [1.29, 1.82) is 0 Å². The molecular weight excluding hydrogens is 432 g/mol. The van der Waals surface area contributed by atoms with Crippen LogP contribution >= 0.6 is 0 Å². The lowest BCUT2D eigenvalue weighted by Gasteiger charge is -2.28. The number of rotatable bonds is 3. The van der Waals surface area contributed by atoms with Gasteiger partial charge in [0.2, 0.25) is 5.91 Å². The molecule has 0 atom stereocenters. The fraction of sp³-hybridized carbons (Fsp3) is 0.231. The Morgan fingerprint density at radius 3 is 2.15 bits per heavy atom. The Morgan fingerprint density at radius 2 is 1.56 bits per heavy atom. The maximum Gasteiger partial charge on any atom is 0.332 e. The molecule has 2 aromatic heterocycles. The van der Waals surface area contributed by atoms with Gasteiger partial charge in [-0.2, -0.15) is 0 Å². The van der Waals surface area contributed by atoms with Gasteiger partial charge in [0.1, 0.15) is 16.9 Å². The van der Waals surface area contributed by atoms with Crippen molar-refractivity contribution in [1.82, 2.24) is 14.1 Å². The van der Waals surface area contributed by atoms with Crippen LogP contribution in [0.4, 0.5) is 5.69 Å². The van der Waals surface area contributed by atoms with Crippen LogP contribution < -0.4 is 21.3 Å². The highest BCUT2D eigenvalue weighted by molar-refractivity contribution is 6.05. The summed E-state index contributed by atoms with van der Waals surface area (Å²) >= 11 is 0. The van der Waals surface area contributed by atoms with Crippen molar-refractivity contribution in [3.8, 4) is 11.5 Å². The van der Waals surface area contributed by atoms with E-state index in [-0.39, 0.29) is 22.9 Å². The molecule has 8 heteroatoms. The molecule has 4 aromatic rings. The minimum Gasteiger partial charge on any atom is -0.457 e. The van der Waals surface area contributed by atoms with Crippen molar-refractivity contribution in [2.24, 2.45) is 14.1 Å². The second kappa shape index (κ2) is 7.98. The van der Waals surface area contributed by atoms with Crippen LogP contribution in [0.1, 0.15) is 42.4 Å². The fourth-order valence-corrected chi connectivity index (χ4v) is 4.50. The summed E-state index contributed by atoms with van der Waals surface area (Å²) in [5.41, 5.74) is 1.81. The fourth-order valence-electron chi connectivity index (χ4n) is 4.50. The van der Waals surface area contributed by atoms with Crippen LogP contribution in [-0.4, -0.2) is 20.0 Å². The predicted molar refractivity (Wildman–Crippen MR) is 130 cm³/mol. The standard InChI is InChI=1S/C26H24N4O4/c1-14(2)17-13-27-23-21(25(32)30(4)26(33)29(23)3)22(17)28-24(31)20-15-9-5-7-11-18(15)34-19-12-8-6-10-16(19)20/h5-14,20H,1-4H3,(H,27,28,31). The highest BCUT2D eigenvalue weighted by Gasteiger charge is 2.33. The number of hydrogen-bond acceptors (Lipinski definition) is 5. The zero-order valence-corrected chi connectivity index (χ0v) is 19.3. The van der Waals surface area contributed by atoms with Gasteiger partial charge in [-0.1, -0.05) is 50.2 Å². The van der Waals surface area contributed by atoms with Gasteiger partial charge in [-0.25, -0.2) is 9.78 Å². The van der Waals surface area contributed by atoms with E-state index in [1.165, 1.54) is 11.6 Å². The molecule has 5 rings (SSSR count). The van der Waals surface area contributed by atoms with E-state index in [1.54, 1.807) is 13.2 Å². The maximum atomic E-state index is 13.9. The number of hydrogen-bond donors (Lipinski definition) is 1. The zero-order valence-electron chi connectivity index (χ0n) is 19.3. The van der Waals surface area contributed by atoms with Gasteiger partial charge in [0.25, 0.3) is 5.56 Å². The van der Waals surface area contributed by atoms with Gasteiger partial charge < -0.3 is 10.1 Å². The Bertz CT molecular complexity index is 1540. The summed E-state index contributed by atoms with van der Waals surface area (Å²) in [7, 11) is 2.98. The maximum absolute atomic E-state index is 13.9. The first-order chi connectivity index (χ1) is 16.3. The number of para-hydroxylation sites is 2. The third-order valence-corrected chi connectivity index (χ3v) is 6.31. The van der Waals surface area contributed by atoms with Crippen molar-refractivity contribution in [2.75, 3.05) is 5.32 Å². The molecule has 3 heterocycles. The van der Waals surface area contributed by atoms with Crippen molar-refractivity contribution in [3.63, 3.8) is 0 Å². The molecule has 0 saturated heterocycles. The van der Waals surface area contributed by atoms with Crippen LogP contribution in [-0.2, 0) is 18.9 Å². The van der Waals surface area contributed by atoms with Crippen LogP contribution in [0.2, 0.25) is 0 Å². The van der Waals surface area contributed by atoms with Crippen LogP contribution in [0.3, 0.4) is 0 Å². The number of anilines is 1. The number of aromatic nitrogens is 3. The normalized spacial score (nSPS) is 12.9. The Morgan fingerprint density at radius 1 is 0.971 bits per heavy atom. The summed E-state index contributed by atoms with van der Waals surface area (Å²) < 4.78 is 8.37. The number of fused-ring (bicyclic) bond motifs is 3. The van der Waals surface area contributed by atoms with Crippen LogP contribution in [0.15, 0.2) is 64.3 Å². The Labute approximate surface area is 195 Å². The summed E-state index contributed by atoms with van der Waals surface area (Å²) in [5, 5.41) is 3.24. The summed E-state index contributed by atoms with van der Waals surface area (Å²) in [4.78, 5) is 43.9. The quantitative estimate of drug-likeness (QED) is 0.508. The van der Waals surface area contributed by atoms with Crippen LogP contribution in [0.25, 0.3) is 11.0 Å². The number of carbonyl (C=O) groups excluding carboxylic acids is 1. The number of pyridine rings is 1. The lowest BCUT2D eigenvalue weighted by Crippen LogP contribution is -2.38. The topological polar surface area (TPSA) is 95.2 Å². The highest BCUT2D eigenvalue weighted by Crippen LogP contribution is 2.44. The molecule has 1 N–H and O–H groups in total. The number of carbonyl (C=O) groups is 1. The number of ether oxygens (including phenoxy) is 1. The average molecular weight is 457 g/mol. The molecule has 8 nitrogen and oxygen atoms in total. The summed E-state index contributed by atoms with van der Waals surface area (Å²) in [6.07, 6.45) is 1.62. The molecule has 0 saturated carbocycles. The van der Waals surface area contributed by atoms with Gasteiger partial charge in [0.05, 0.1) is 11.6 Å². The second-order valence-electron chi connectivity index (χ2n) is 8.75. The van der Waals surface area contributed by atoms with Crippen molar-refractivity contribution in [3.05, 3.63) is 92.3 Å². The monoisotopic (exact) mass is 456 g/mol. The van der Waals surface area contributed by atoms with Crippen molar-refractivity contribution < 1.29 is 9.53 Å². The van der Waals surface area contributed by atoms with Crippen molar-refractivity contribution >= 4 is 22.6 Å². The Balaban J connectivity index is 1.72. The summed E-state index contributed by atoms with van der Waals surface area (Å²) in [6.45, 7) is 3.92. The number of nitrogens with one attached hydrogen (secondary N) is 1. The average Bonchev–Trinajstić information content (AvgIpc) is 2.84. The third-order valence-electron chi connectivity index (χ3n) is 6.31. The van der Waals surface area contributed by atoms with Gasteiger partial charge >= 0.3 is 5.69 Å². The summed E-state index contributed by atoms with van der Waals surface area (Å²) in [5.74, 6) is 0.268. The molecule has 0 bridgehead atoms. The molecule has 0 unspecified atom stereocenters. The van der Waals surface area contributed by atoms with Crippen molar-refractivity contribution in [2.45, 2.75) is 25.7 Å². The molecule has 1 aliphatic rings. The summed E-state index contributed by atoms with van der Waals surface area (Å²) in [6, 6.07) is 14.8. The van der Waals surface area contributed by atoms with E-state index in [1.807, 2.05) is 62.4 Å². The highest BCUT2D eigenvalue weighted by atomic mass is 16.5. The number of amides is 1. The molecule has 1 aliphatic heterocycles. The first-order valence-electron chi connectivity index (χ1n) is 11.0. The van der Waals surface area contributed by atoms with E-state index in [4.69, 9.17) is 4.74 Å². The van der Waals surface area contributed by atoms with E-state index in [9.17, 15) is 14.4 Å². The molecule has 172 valence electrons. The van der Waals surface area contributed by atoms with E-state index < -0.39 is 17.2 Å². The zero-order chi connectivity index (χ0) is 24.1. The Hall–Kier alpha value is -4.20.